The molecule has 26 heavy (non-hydrogen) atoms. The van der Waals surface area contributed by atoms with Crippen molar-refractivity contribution in [2.75, 3.05) is 0 Å². The molecule has 0 radical (unpaired) electrons. The number of halogens is 2. The first-order valence-electron chi connectivity index (χ1n) is 8.06. The fourth-order valence-electron chi connectivity index (χ4n) is 2.69. The summed E-state index contributed by atoms with van der Waals surface area (Å²) >= 11 is 0. The molecule has 0 heterocycles. The molecule has 0 spiro atoms. The van der Waals surface area contributed by atoms with Gasteiger partial charge in [0.25, 0.3) is 0 Å². The van der Waals surface area contributed by atoms with E-state index in [0.717, 1.165) is 24.1 Å². The van der Waals surface area contributed by atoms with Crippen LogP contribution in [-0.4, -0.2) is 5.97 Å². The van der Waals surface area contributed by atoms with E-state index in [1.54, 1.807) is 0 Å². The molecule has 0 saturated carbocycles. The van der Waals surface area contributed by atoms with Crippen LogP contribution in [-0.2, 0) is 0 Å². The third-order valence-electron chi connectivity index (χ3n) is 4.17. The second-order valence-corrected chi connectivity index (χ2v) is 6.05. The molecule has 1 aliphatic rings. The minimum absolute atomic E-state index is 0.104. The molecule has 1 aliphatic carbocycles. The van der Waals surface area contributed by atoms with E-state index in [0.29, 0.717) is 17.5 Å². The number of ether oxygens (including phenoxy) is 1. The molecule has 0 aliphatic heterocycles. The van der Waals surface area contributed by atoms with Gasteiger partial charge in [-0.05, 0) is 67.3 Å². The fraction of sp³-hybridized carbons (Fsp3) is 0.143. The first-order valence-corrected chi connectivity index (χ1v) is 8.06. The van der Waals surface area contributed by atoms with Crippen LogP contribution >= 0.6 is 0 Å². The molecule has 0 fully saturated rings. The number of carbonyl (C=O) groups is 1. The molecule has 3 rings (SSSR count). The third kappa shape index (κ3) is 3.70. The summed E-state index contributed by atoms with van der Waals surface area (Å²) in [5, 5.41) is 8.74. The molecule has 0 amide bonds. The number of esters is 1. The smallest absolute Gasteiger partial charge is 0.349 e. The van der Waals surface area contributed by atoms with E-state index in [4.69, 9.17) is 10.00 Å². The summed E-state index contributed by atoms with van der Waals surface area (Å²) in [7, 11) is 0. The van der Waals surface area contributed by atoms with Crippen LogP contribution in [0.3, 0.4) is 0 Å². The quantitative estimate of drug-likeness (QED) is 0.565. The molecule has 5 heteroatoms. The number of rotatable bonds is 3. The van der Waals surface area contributed by atoms with Crippen molar-refractivity contribution in [1.82, 2.24) is 0 Å². The first kappa shape index (κ1) is 17.6. The molecule has 3 nitrogen and oxygen atoms in total. The van der Waals surface area contributed by atoms with E-state index in [1.807, 2.05) is 25.1 Å². The van der Waals surface area contributed by atoms with Crippen LogP contribution in [0.1, 0.15) is 41.3 Å². The highest BCUT2D eigenvalue weighted by Gasteiger charge is 2.22. The van der Waals surface area contributed by atoms with Gasteiger partial charge in [0.05, 0.1) is 11.6 Å². The van der Waals surface area contributed by atoms with E-state index in [2.05, 4.69) is 0 Å². The molecule has 0 unspecified atom stereocenters. The van der Waals surface area contributed by atoms with E-state index in [1.165, 1.54) is 29.8 Å². The molecular weight excluding hydrogens is 336 g/mol. The van der Waals surface area contributed by atoms with Crippen LogP contribution in [0.5, 0.6) is 5.75 Å². The first-order chi connectivity index (χ1) is 12.5. The number of carbonyl (C=O) groups excluding carboxylic acids is 1. The van der Waals surface area contributed by atoms with Crippen molar-refractivity contribution >= 4 is 11.5 Å². The Hall–Kier alpha value is -3.26. The van der Waals surface area contributed by atoms with Gasteiger partial charge in [0, 0.05) is 0 Å². The van der Waals surface area contributed by atoms with Gasteiger partial charge in [-0.1, -0.05) is 17.7 Å². The van der Waals surface area contributed by atoms with Gasteiger partial charge in [-0.3, -0.25) is 0 Å². The Bertz CT molecular complexity index is 943. The molecule has 2 aromatic carbocycles. The van der Waals surface area contributed by atoms with Crippen LogP contribution in [0.4, 0.5) is 8.78 Å². The maximum atomic E-state index is 14.4. The van der Waals surface area contributed by atoms with Crippen LogP contribution < -0.4 is 4.74 Å². The molecule has 0 saturated heterocycles. The van der Waals surface area contributed by atoms with E-state index in [-0.39, 0.29) is 5.75 Å². The zero-order valence-corrected chi connectivity index (χ0v) is 14.1. The SMILES string of the molecule is CC1=CC=C(c2cc(F)c(C(=O)Oc3ccc(C#N)cc3)c(F)c2)CC1. The van der Waals surface area contributed by atoms with Gasteiger partial charge < -0.3 is 4.74 Å². The molecule has 0 aromatic heterocycles. The van der Waals surface area contributed by atoms with Crippen LogP contribution in [0.2, 0.25) is 0 Å². The summed E-state index contributed by atoms with van der Waals surface area (Å²) in [5.41, 5.74) is 2.09. The number of hydrogen-bond acceptors (Lipinski definition) is 3. The lowest BCUT2D eigenvalue weighted by molar-refractivity contribution is 0.0724. The summed E-state index contributed by atoms with van der Waals surface area (Å²) in [5.74, 6) is -2.95. The summed E-state index contributed by atoms with van der Waals surface area (Å²) in [6.45, 7) is 2.00. The third-order valence-corrected chi connectivity index (χ3v) is 4.17. The van der Waals surface area contributed by atoms with Crippen molar-refractivity contribution in [3.63, 3.8) is 0 Å². The van der Waals surface area contributed by atoms with Crippen LogP contribution in [0.25, 0.3) is 5.57 Å². The predicted octanol–water partition coefficient (Wildman–Crippen LogP) is 5.18. The highest BCUT2D eigenvalue weighted by molar-refractivity contribution is 5.92. The van der Waals surface area contributed by atoms with E-state index in [9.17, 15) is 13.6 Å². The normalized spacial score (nSPS) is 13.5. The molecule has 130 valence electrons. The van der Waals surface area contributed by atoms with Crippen molar-refractivity contribution in [3.05, 3.63) is 82.4 Å². The highest BCUT2D eigenvalue weighted by atomic mass is 19.1. The van der Waals surface area contributed by atoms with Gasteiger partial charge >= 0.3 is 5.97 Å². The summed E-state index contributed by atoms with van der Waals surface area (Å²) in [6, 6.07) is 9.91. The average Bonchev–Trinajstić information content (AvgIpc) is 2.62. The average molecular weight is 351 g/mol. The zero-order chi connectivity index (χ0) is 18.7. The standard InChI is InChI=1S/C21H15F2NO2/c1-13-2-6-15(7-3-13)16-10-18(22)20(19(23)11-16)21(25)26-17-8-4-14(12-24)5-9-17/h2,4-6,8-11H,3,7H2,1H3. The summed E-state index contributed by atoms with van der Waals surface area (Å²) < 4.78 is 33.8. The summed E-state index contributed by atoms with van der Waals surface area (Å²) in [6.07, 6.45) is 5.28. The maximum Gasteiger partial charge on any atom is 0.349 e. The van der Waals surface area contributed by atoms with Crippen LogP contribution in [0.15, 0.2) is 54.1 Å². The molecule has 2 aromatic rings. The Morgan fingerprint density at radius 1 is 1.08 bits per heavy atom. The summed E-state index contributed by atoms with van der Waals surface area (Å²) in [4.78, 5) is 12.1. The van der Waals surface area contributed by atoms with Crippen molar-refractivity contribution in [1.29, 1.82) is 5.26 Å². The van der Waals surface area contributed by atoms with Gasteiger partial charge in [0.2, 0.25) is 0 Å². The number of nitrogens with zero attached hydrogens (tertiary/aromatic N) is 1. The van der Waals surface area contributed by atoms with Crippen molar-refractivity contribution < 1.29 is 18.3 Å². The zero-order valence-electron chi connectivity index (χ0n) is 14.1. The minimum Gasteiger partial charge on any atom is -0.423 e. The monoisotopic (exact) mass is 351 g/mol. The van der Waals surface area contributed by atoms with Gasteiger partial charge in [-0.15, -0.1) is 0 Å². The Balaban J connectivity index is 1.86. The second-order valence-electron chi connectivity index (χ2n) is 6.05. The van der Waals surface area contributed by atoms with Gasteiger partial charge in [0.15, 0.2) is 0 Å². The van der Waals surface area contributed by atoms with Crippen LogP contribution in [0, 0.1) is 23.0 Å². The Morgan fingerprint density at radius 2 is 1.73 bits per heavy atom. The Morgan fingerprint density at radius 3 is 2.27 bits per heavy atom. The Labute approximate surface area is 149 Å². The van der Waals surface area contributed by atoms with Gasteiger partial charge in [-0.25, -0.2) is 13.6 Å². The Kier molecular flexibility index (Phi) is 4.94. The predicted molar refractivity (Wildman–Crippen MR) is 93.4 cm³/mol. The van der Waals surface area contributed by atoms with E-state index < -0.39 is 23.2 Å². The molecule has 0 N–H and O–H groups in total. The maximum absolute atomic E-state index is 14.4. The molecule has 0 bridgehead atoms. The fourth-order valence-corrected chi connectivity index (χ4v) is 2.69. The number of nitriles is 1. The second kappa shape index (κ2) is 7.32. The lowest BCUT2D eigenvalue weighted by Gasteiger charge is -2.14. The lowest BCUT2D eigenvalue weighted by atomic mass is 9.93. The highest BCUT2D eigenvalue weighted by Crippen LogP contribution is 2.29. The van der Waals surface area contributed by atoms with Gasteiger partial charge in [0.1, 0.15) is 22.9 Å². The minimum atomic E-state index is -1.12. The van der Waals surface area contributed by atoms with Gasteiger partial charge in [-0.2, -0.15) is 5.26 Å². The van der Waals surface area contributed by atoms with E-state index >= 15 is 0 Å². The van der Waals surface area contributed by atoms with Crippen molar-refractivity contribution in [3.8, 4) is 11.8 Å². The largest absolute Gasteiger partial charge is 0.423 e. The lowest BCUT2D eigenvalue weighted by Crippen LogP contribution is -2.14. The van der Waals surface area contributed by atoms with Crippen molar-refractivity contribution in [2.45, 2.75) is 19.8 Å². The van der Waals surface area contributed by atoms with Crippen molar-refractivity contribution in [2.24, 2.45) is 0 Å². The number of allylic oxidation sites excluding steroid dienone is 4. The number of benzene rings is 2. The molecule has 0 atom stereocenters. The topological polar surface area (TPSA) is 50.1 Å². The molecular formula is C21H15F2NO2. The number of hydrogen-bond donors (Lipinski definition) is 0.